The van der Waals surface area contributed by atoms with E-state index in [1.807, 2.05) is 6.20 Å². The number of hydrogen-bond acceptors (Lipinski definition) is 1. The number of hydrogen-bond donors (Lipinski definition) is 0. The lowest BCUT2D eigenvalue weighted by atomic mass is 10.0. The number of aryl methyl sites for hydroxylation is 1. The van der Waals surface area contributed by atoms with Gasteiger partial charge in [0.05, 0.1) is 5.69 Å². The van der Waals surface area contributed by atoms with Gasteiger partial charge in [0.25, 0.3) is 0 Å². The average Bonchev–Trinajstić information content (AvgIpc) is 2.78. The summed E-state index contributed by atoms with van der Waals surface area (Å²) in [5, 5.41) is 4.36. The van der Waals surface area contributed by atoms with E-state index < -0.39 is 0 Å². The second-order valence-corrected chi connectivity index (χ2v) is 4.72. The first-order chi connectivity index (χ1) is 8.22. The SMILES string of the molecule is CCCn1nccc1-c1ccc(C(C)C)cc1. The second kappa shape index (κ2) is 5.17. The van der Waals surface area contributed by atoms with Crippen molar-refractivity contribution in [3.63, 3.8) is 0 Å². The average molecular weight is 228 g/mol. The third kappa shape index (κ3) is 2.57. The van der Waals surface area contributed by atoms with Crippen molar-refractivity contribution in [3.05, 3.63) is 42.1 Å². The fourth-order valence-electron chi connectivity index (χ4n) is 2.01. The topological polar surface area (TPSA) is 17.8 Å². The maximum absolute atomic E-state index is 4.36. The fraction of sp³-hybridized carbons (Fsp3) is 0.400. The molecule has 0 aliphatic rings. The van der Waals surface area contributed by atoms with Crippen LogP contribution in [0.1, 0.15) is 38.7 Å². The Morgan fingerprint density at radius 2 is 1.82 bits per heavy atom. The Balaban J connectivity index is 2.30. The number of benzene rings is 1. The molecule has 17 heavy (non-hydrogen) atoms. The van der Waals surface area contributed by atoms with E-state index in [0.29, 0.717) is 5.92 Å². The normalized spacial score (nSPS) is 11.1. The van der Waals surface area contributed by atoms with Crippen LogP contribution in [0.2, 0.25) is 0 Å². The first kappa shape index (κ1) is 11.9. The largest absolute Gasteiger partial charge is 0.265 e. The molecule has 0 bridgehead atoms. The molecule has 0 N–H and O–H groups in total. The van der Waals surface area contributed by atoms with Crippen molar-refractivity contribution in [2.45, 2.75) is 39.7 Å². The molecular formula is C15H20N2. The van der Waals surface area contributed by atoms with E-state index in [4.69, 9.17) is 0 Å². The van der Waals surface area contributed by atoms with E-state index in [9.17, 15) is 0 Å². The van der Waals surface area contributed by atoms with Gasteiger partial charge in [0.2, 0.25) is 0 Å². The Kier molecular flexibility index (Phi) is 3.62. The number of nitrogens with zero attached hydrogens (tertiary/aromatic N) is 2. The monoisotopic (exact) mass is 228 g/mol. The molecule has 0 unspecified atom stereocenters. The molecule has 1 aromatic heterocycles. The van der Waals surface area contributed by atoms with Crippen LogP contribution in [0.5, 0.6) is 0 Å². The Morgan fingerprint density at radius 1 is 1.12 bits per heavy atom. The van der Waals surface area contributed by atoms with Crippen LogP contribution in [0.4, 0.5) is 0 Å². The van der Waals surface area contributed by atoms with Crippen LogP contribution < -0.4 is 0 Å². The van der Waals surface area contributed by atoms with Gasteiger partial charge >= 0.3 is 0 Å². The van der Waals surface area contributed by atoms with Crippen molar-refractivity contribution < 1.29 is 0 Å². The molecule has 0 aliphatic carbocycles. The van der Waals surface area contributed by atoms with E-state index in [2.05, 4.69) is 60.9 Å². The van der Waals surface area contributed by atoms with Crippen LogP contribution in [0, 0.1) is 0 Å². The molecule has 90 valence electrons. The van der Waals surface area contributed by atoms with Crippen LogP contribution in [0.15, 0.2) is 36.5 Å². The minimum atomic E-state index is 0.588. The summed E-state index contributed by atoms with van der Waals surface area (Å²) in [4.78, 5) is 0. The molecule has 2 rings (SSSR count). The smallest absolute Gasteiger partial charge is 0.0682 e. The maximum atomic E-state index is 4.36. The summed E-state index contributed by atoms with van der Waals surface area (Å²) in [5.41, 5.74) is 3.85. The summed E-state index contributed by atoms with van der Waals surface area (Å²) in [6.45, 7) is 7.59. The van der Waals surface area contributed by atoms with Crippen LogP contribution in [-0.4, -0.2) is 9.78 Å². The van der Waals surface area contributed by atoms with Gasteiger partial charge in [-0.3, -0.25) is 4.68 Å². The van der Waals surface area contributed by atoms with Gasteiger partial charge in [-0.1, -0.05) is 45.0 Å². The zero-order valence-electron chi connectivity index (χ0n) is 10.9. The summed E-state index contributed by atoms with van der Waals surface area (Å²) in [6.07, 6.45) is 2.99. The quantitative estimate of drug-likeness (QED) is 0.771. The fourth-order valence-corrected chi connectivity index (χ4v) is 2.01. The van der Waals surface area contributed by atoms with Gasteiger partial charge in [0, 0.05) is 12.7 Å². The highest BCUT2D eigenvalue weighted by Gasteiger charge is 2.05. The zero-order chi connectivity index (χ0) is 12.3. The molecule has 0 fully saturated rings. The van der Waals surface area contributed by atoms with Gasteiger partial charge in [0.15, 0.2) is 0 Å². The predicted octanol–water partition coefficient (Wildman–Crippen LogP) is 4.08. The molecule has 0 aliphatic heterocycles. The Hall–Kier alpha value is -1.57. The summed E-state index contributed by atoms with van der Waals surface area (Å²) in [6, 6.07) is 10.9. The highest BCUT2D eigenvalue weighted by atomic mass is 15.3. The van der Waals surface area contributed by atoms with E-state index >= 15 is 0 Å². The molecule has 1 heterocycles. The molecule has 0 radical (unpaired) electrons. The Morgan fingerprint density at radius 3 is 2.41 bits per heavy atom. The van der Waals surface area contributed by atoms with Gasteiger partial charge in [-0.05, 0) is 29.5 Å². The molecule has 0 saturated carbocycles. The number of rotatable bonds is 4. The third-order valence-corrected chi connectivity index (χ3v) is 3.03. The van der Waals surface area contributed by atoms with E-state index in [-0.39, 0.29) is 0 Å². The van der Waals surface area contributed by atoms with E-state index in [1.54, 1.807) is 0 Å². The lowest BCUT2D eigenvalue weighted by Crippen LogP contribution is -2.01. The highest BCUT2D eigenvalue weighted by molar-refractivity contribution is 5.59. The van der Waals surface area contributed by atoms with Crippen molar-refractivity contribution in [2.24, 2.45) is 0 Å². The lowest BCUT2D eigenvalue weighted by Gasteiger charge is -2.09. The minimum Gasteiger partial charge on any atom is -0.265 e. The molecule has 0 atom stereocenters. The van der Waals surface area contributed by atoms with Crippen LogP contribution in [-0.2, 0) is 6.54 Å². The van der Waals surface area contributed by atoms with Gasteiger partial charge in [-0.25, -0.2) is 0 Å². The minimum absolute atomic E-state index is 0.588. The van der Waals surface area contributed by atoms with E-state index in [0.717, 1.165) is 13.0 Å². The lowest BCUT2D eigenvalue weighted by molar-refractivity contribution is 0.609. The van der Waals surface area contributed by atoms with Crippen molar-refractivity contribution in [1.82, 2.24) is 9.78 Å². The Labute approximate surface area is 103 Å². The predicted molar refractivity (Wildman–Crippen MR) is 72.0 cm³/mol. The van der Waals surface area contributed by atoms with Crippen LogP contribution >= 0.6 is 0 Å². The first-order valence-electron chi connectivity index (χ1n) is 6.34. The van der Waals surface area contributed by atoms with Gasteiger partial charge in [-0.2, -0.15) is 5.10 Å². The van der Waals surface area contributed by atoms with Crippen molar-refractivity contribution >= 4 is 0 Å². The maximum Gasteiger partial charge on any atom is 0.0682 e. The molecular weight excluding hydrogens is 208 g/mol. The van der Waals surface area contributed by atoms with Gasteiger partial charge < -0.3 is 0 Å². The van der Waals surface area contributed by atoms with Crippen molar-refractivity contribution in [3.8, 4) is 11.3 Å². The number of aromatic nitrogens is 2. The highest BCUT2D eigenvalue weighted by Crippen LogP contribution is 2.22. The molecule has 1 aromatic carbocycles. The Bertz CT molecular complexity index is 466. The third-order valence-electron chi connectivity index (χ3n) is 3.03. The van der Waals surface area contributed by atoms with Crippen molar-refractivity contribution in [1.29, 1.82) is 0 Å². The standard InChI is InChI=1S/C15H20N2/c1-4-11-17-15(9-10-16-17)14-7-5-13(6-8-14)12(2)3/h5-10,12H,4,11H2,1-3H3. The second-order valence-electron chi connectivity index (χ2n) is 4.72. The van der Waals surface area contributed by atoms with Crippen LogP contribution in [0.25, 0.3) is 11.3 Å². The molecule has 0 spiro atoms. The first-order valence-corrected chi connectivity index (χ1v) is 6.34. The molecule has 0 amide bonds. The van der Waals surface area contributed by atoms with Crippen molar-refractivity contribution in [2.75, 3.05) is 0 Å². The van der Waals surface area contributed by atoms with E-state index in [1.165, 1.54) is 16.8 Å². The summed E-state index contributed by atoms with van der Waals surface area (Å²) < 4.78 is 2.07. The van der Waals surface area contributed by atoms with Gasteiger partial charge in [-0.15, -0.1) is 0 Å². The summed E-state index contributed by atoms with van der Waals surface area (Å²) in [7, 11) is 0. The summed E-state index contributed by atoms with van der Waals surface area (Å²) >= 11 is 0. The summed E-state index contributed by atoms with van der Waals surface area (Å²) in [5.74, 6) is 0.588. The molecule has 2 aromatic rings. The molecule has 0 saturated heterocycles. The van der Waals surface area contributed by atoms with Crippen LogP contribution in [0.3, 0.4) is 0 Å². The molecule has 2 nitrogen and oxygen atoms in total. The zero-order valence-corrected chi connectivity index (χ0v) is 10.9. The van der Waals surface area contributed by atoms with Gasteiger partial charge in [0.1, 0.15) is 0 Å². The molecule has 2 heteroatoms.